The van der Waals surface area contributed by atoms with Gasteiger partial charge in [0.05, 0.1) is 6.61 Å². The summed E-state index contributed by atoms with van der Waals surface area (Å²) in [5.74, 6) is 0.264. The van der Waals surface area contributed by atoms with Crippen LogP contribution in [0.5, 0.6) is 0 Å². The van der Waals surface area contributed by atoms with Crippen molar-refractivity contribution in [3.8, 4) is 0 Å². The largest absolute Gasteiger partial charge is 0.450 e. The van der Waals surface area contributed by atoms with Crippen LogP contribution in [0.2, 0.25) is 0 Å². The molecule has 0 saturated heterocycles. The number of hydrogen-bond acceptors (Lipinski definition) is 3. The molecule has 1 aliphatic heterocycles. The van der Waals surface area contributed by atoms with E-state index in [1.807, 2.05) is 6.92 Å². The van der Waals surface area contributed by atoms with Crippen LogP contribution in [0.3, 0.4) is 0 Å². The Kier molecular flexibility index (Phi) is 3.45. The Morgan fingerprint density at radius 3 is 3.09 bits per heavy atom. The number of rotatable bonds is 2. The molecule has 1 aromatic rings. The third kappa shape index (κ3) is 2.44. The number of allylic oxidation sites excluding steroid dienone is 3. The first-order valence-electron chi connectivity index (χ1n) is 8.17. The van der Waals surface area contributed by atoms with Crippen LogP contribution in [-0.2, 0) is 11.2 Å². The standard InChI is InChI=1S/C19H20N2O2/c1-2-23-19(22)21-16-9-7-12-8-10-17-18(12)14(16)11-13-5-3-4-6-15(13)20-17/h3-8,10,14,16,20H,2,9,11H2,1H3,(H,21,22). The van der Waals surface area contributed by atoms with Crippen molar-refractivity contribution in [1.82, 2.24) is 5.32 Å². The topological polar surface area (TPSA) is 50.4 Å². The zero-order valence-electron chi connectivity index (χ0n) is 13.1. The quantitative estimate of drug-likeness (QED) is 0.878. The van der Waals surface area contributed by atoms with Gasteiger partial charge in [0.2, 0.25) is 0 Å². The third-order valence-electron chi connectivity index (χ3n) is 4.78. The molecule has 2 unspecified atom stereocenters. The highest BCUT2D eigenvalue weighted by molar-refractivity contribution is 5.70. The molecule has 1 aromatic carbocycles. The van der Waals surface area contributed by atoms with Gasteiger partial charge in [0, 0.05) is 23.3 Å². The van der Waals surface area contributed by atoms with Crippen LogP contribution in [0.4, 0.5) is 10.5 Å². The second kappa shape index (κ2) is 5.61. The first-order valence-corrected chi connectivity index (χ1v) is 8.17. The number of amides is 1. The van der Waals surface area contributed by atoms with Gasteiger partial charge >= 0.3 is 6.09 Å². The van der Waals surface area contributed by atoms with Crippen molar-refractivity contribution < 1.29 is 9.53 Å². The Labute approximate surface area is 135 Å². The summed E-state index contributed by atoms with van der Waals surface area (Å²) in [6.07, 6.45) is 7.94. The van der Waals surface area contributed by atoms with E-state index in [-0.39, 0.29) is 18.1 Å². The average Bonchev–Trinajstić information content (AvgIpc) is 2.86. The van der Waals surface area contributed by atoms with Crippen LogP contribution in [0.25, 0.3) is 0 Å². The van der Waals surface area contributed by atoms with Gasteiger partial charge in [-0.2, -0.15) is 0 Å². The van der Waals surface area contributed by atoms with Crippen molar-refractivity contribution in [2.45, 2.75) is 25.8 Å². The molecule has 23 heavy (non-hydrogen) atoms. The van der Waals surface area contributed by atoms with E-state index in [0.717, 1.165) is 24.2 Å². The van der Waals surface area contributed by atoms with E-state index in [0.29, 0.717) is 6.61 Å². The maximum Gasteiger partial charge on any atom is 0.407 e. The molecule has 0 spiro atoms. The molecule has 4 heteroatoms. The summed E-state index contributed by atoms with van der Waals surface area (Å²) in [4.78, 5) is 11.9. The van der Waals surface area contributed by atoms with Crippen molar-refractivity contribution in [3.63, 3.8) is 0 Å². The van der Waals surface area contributed by atoms with Gasteiger partial charge in [0.1, 0.15) is 0 Å². The summed E-state index contributed by atoms with van der Waals surface area (Å²) in [6, 6.07) is 8.46. The fourth-order valence-electron chi connectivity index (χ4n) is 3.76. The third-order valence-corrected chi connectivity index (χ3v) is 4.78. The number of carbonyl (C=O) groups is 1. The van der Waals surface area contributed by atoms with Crippen molar-refractivity contribution in [2.24, 2.45) is 5.92 Å². The molecular formula is C19H20N2O2. The van der Waals surface area contributed by atoms with Crippen LogP contribution in [0.1, 0.15) is 18.9 Å². The summed E-state index contributed by atoms with van der Waals surface area (Å²) >= 11 is 0. The average molecular weight is 308 g/mol. The second-order valence-electron chi connectivity index (χ2n) is 6.12. The summed E-state index contributed by atoms with van der Waals surface area (Å²) in [6.45, 7) is 2.22. The Bertz CT molecular complexity index is 745. The maximum atomic E-state index is 11.9. The number of fused-ring (bicyclic) bond motifs is 1. The second-order valence-corrected chi connectivity index (χ2v) is 6.12. The molecule has 0 saturated carbocycles. The van der Waals surface area contributed by atoms with Gasteiger partial charge in [-0.05, 0) is 48.6 Å². The zero-order valence-corrected chi connectivity index (χ0v) is 13.1. The van der Waals surface area contributed by atoms with Gasteiger partial charge in [-0.3, -0.25) is 0 Å². The summed E-state index contributed by atoms with van der Waals surface area (Å²) in [7, 11) is 0. The zero-order chi connectivity index (χ0) is 15.8. The smallest absolute Gasteiger partial charge is 0.407 e. The Balaban J connectivity index is 1.70. The normalized spacial score (nSPS) is 24.1. The number of ether oxygens (including phenoxy) is 1. The lowest BCUT2D eigenvalue weighted by Gasteiger charge is -2.32. The maximum absolute atomic E-state index is 11.9. The molecule has 1 heterocycles. The van der Waals surface area contributed by atoms with Gasteiger partial charge in [0.25, 0.3) is 0 Å². The predicted molar refractivity (Wildman–Crippen MR) is 90.1 cm³/mol. The minimum Gasteiger partial charge on any atom is -0.450 e. The molecule has 0 radical (unpaired) electrons. The first-order chi connectivity index (χ1) is 11.3. The Hall–Kier alpha value is -2.49. The van der Waals surface area contributed by atoms with Crippen molar-refractivity contribution in [2.75, 3.05) is 11.9 Å². The highest BCUT2D eigenvalue weighted by atomic mass is 16.5. The van der Waals surface area contributed by atoms with Gasteiger partial charge in [-0.15, -0.1) is 0 Å². The molecule has 4 nitrogen and oxygen atoms in total. The minimum atomic E-state index is -0.326. The fraction of sp³-hybridized carbons (Fsp3) is 0.316. The molecule has 1 amide bonds. The van der Waals surface area contributed by atoms with E-state index in [1.165, 1.54) is 16.7 Å². The van der Waals surface area contributed by atoms with Gasteiger partial charge in [-0.25, -0.2) is 4.79 Å². The SMILES string of the molecule is CCOC(=O)NC1CC=C2C=CC3=C2C1Cc1ccccc1N3. The lowest BCUT2D eigenvalue weighted by atomic mass is 9.78. The lowest BCUT2D eigenvalue weighted by molar-refractivity contribution is 0.144. The molecule has 2 aliphatic carbocycles. The number of carbonyl (C=O) groups excluding carboxylic acids is 1. The van der Waals surface area contributed by atoms with Gasteiger partial charge in [0.15, 0.2) is 0 Å². The molecule has 2 N–H and O–H groups in total. The molecule has 4 rings (SSSR count). The Morgan fingerprint density at radius 1 is 1.35 bits per heavy atom. The van der Waals surface area contributed by atoms with E-state index >= 15 is 0 Å². The molecule has 0 fully saturated rings. The summed E-state index contributed by atoms with van der Waals surface area (Å²) < 4.78 is 5.08. The van der Waals surface area contributed by atoms with Crippen LogP contribution in [0, 0.1) is 5.92 Å². The molecule has 0 bridgehead atoms. The van der Waals surface area contributed by atoms with E-state index in [2.05, 4.69) is 53.1 Å². The highest BCUT2D eigenvalue weighted by Crippen LogP contribution is 2.42. The monoisotopic (exact) mass is 308 g/mol. The van der Waals surface area contributed by atoms with Gasteiger partial charge < -0.3 is 15.4 Å². The van der Waals surface area contributed by atoms with Crippen LogP contribution in [0.15, 0.2) is 59.3 Å². The minimum absolute atomic E-state index is 0.0654. The van der Waals surface area contributed by atoms with E-state index < -0.39 is 0 Å². The number of nitrogens with one attached hydrogen (secondary N) is 2. The van der Waals surface area contributed by atoms with Crippen LogP contribution in [-0.4, -0.2) is 18.7 Å². The Morgan fingerprint density at radius 2 is 2.22 bits per heavy atom. The van der Waals surface area contributed by atoms with E-state index in [1.54, 1.807) is 0 Å². The number of para-hydroxylation sites is 1. The summed E-state index contributed by atoms with van der Waals surface area (Å²) in [5, 5.41) is 6.61. The number of hydrogen-bond donors (Lipinski definition) is 2. The molecule has 118 valence electrons. The molecule has 2 atom stereocenters. The van der Waals surface area contributed by atoms with Crippen molar-refractivity contribution >= 4 is 11.8 Å². The molecular weight excluding hydrogens is 288 g/mol. The molecule has 3 aliphatic rings. The van der Waals surface area contributed by atoms with Crippen LogP contribution < -0.4 is 10.6 Å². The van der Waals surface area contributed by atoms with Crippen molar-refractivity contribution in [1.29, 1.82) is 0 Å². The lowest BCUT2D eigenvalue weighted by Crippen LogP contribution is -2.43. The fourth-order valence-corrected chi connectivity index (χ4v) is 3.76. The predicted octanol–water partition coefficient (Wildman–Crippen LogP) is 3.54. The van der Waals surface area contributed by atoms with E-state index in [9.17, 15) is 4.79 Å². The van der Waals surface area contributed by atoms with E-state index in [4.69, 9.17) is 4.74 Å². The number of benzene rings is 1. The van der Waals surface area contributed by atoms with Crippen LogP contribution >= 0.6 is 0 Å². The first kappa shape index (κ1) is 14.1. The highest BCUT2D eigenvalue weighted by Gasteiger charge is 2.36. The van der Waals surface area contributed by atoms with Gasteiger partial charge in [-0.1, -0.05) is 30.4 Å². The molecule has 0 aromatic heterocycles. The van der Waals surface area contributed by atoms with Crippen molar-refractivity contribution in [3.05, 3.63) is 64.9 Å². The number of alkyl carbamates (subject to hydrolysis) is 1. The number of anilines is 1. The summed E-state index contributed by atoms with van der Waals surface area (Å²) in [5.41, 5.74) is 6.20.